The summed E-state index contributed by atoms with van der Waals surface area (Å²) < 4.78 is 5.64. The smallest absolute Gasteiger partial charge is 0.410 e. The lowest BCUT2D eigenvalue weighted by Gasteiger charge is -2.55. The van der Waals surface area contributed by atoms with E-state index in [0.29, 0.717) is 12.1 Å². The van der Waals surface area contributed by atoms with Crippen molar-refractivity contribution in [1.29, 1.82) is 0 Å². The van der Waals surface area contributed by atoms with Crippen molar-refractivity contribution in [2.24, 2.45) is 5.92 Å². The third-order valence-corrected chi connectivity index (χ3v) is 5.64. The van der Waals surface area contributed by atoms with Crippen molar-refractivity contribution in [2.75, 3.05) is 6.54 Å². The van der Waals surface area contributed by atoms with Gasteiger partial charge in [-0.2, -0.15) is 0 Å². The molecule has 2 saturated carbocycles. The van der Waals surface area contributed by atoms with Gasteiger partial charge in [0, 0.05) is 24.2 Å². The highest BCUT2D eigenvalue weighted by Crippen LogP contribution is 2.45. The van der Waals surface area contributed by atoms with Crippen LogP contribution in [-0.4, -0.2) is 40.8 Å². The molecular weight excluding hydrogens is 276 g/mol. The molecule has 126 valence electrons. The molecule has 0 radical (unpaired) electrons. The molecule has 1 heterocycles. The van der Waals surface area contributed by atoms with Crippen molar-refractivity contribution >= 4 is 6.09 Å². The Balaban J connectivity index is 1.59. The second-order valence-electron chi connectivity index (χ2n) is 8.84. The third-order valence-electron chi connectivity index (χ3n) is 5.64. The van der Waals surface area contributed by atoms with Gasteiger partial charge in [0.25, 0.3) is 0 Å². The van der Waals surface area contributed by atoms with Crippen molar-refractivity contribution in [3.8, 4) is 0 Å². The van der Waals surface area contributed by atoms with E-state index in [-0.39, 0.29) is 11.6 Å². The number of hydrogen-bond donors (Lipinski definition) is 1. The number of hydrogen-bond acceptors (Lipinski definition) is 3. The van der Waals surface area contributed by atoms with Gasteiger partial charge in [0.2, 0.25) is 0 Å². The normalized spacial score (nSPS) is 34.0. The Morgan fingerprint density at radius 1 is 1.23 bits per heavy atom. The summed E-state index contributed by atoms with van der Waals surface area (Å²) in [5.74, 6) is 0.886. The van der Waals surface area contributed by atoms with E-state index in [4.69, 9.17) is 4.74 Å². The highest BCUT2D eigenvalue weighted by Gasteiger charge is 2.50. The average molecular weight is 308 g/mol. The van der Waals surface area contributed by atoms with Gasteiger partial charge in [-0.1, -0.05) is 6.92 Å². The lowest BCUT2D eigenvalue weighted by molar-refractivity contribution is -0.0512. The van der Waals surface area contributed by atoms with Gasteiger partial charge in [0.1, 0.15) is 5.60 Å². The van der Waals surface area contributed by atoms with Crippen molar-refractivity contribution in [3.05, 3.63) is 0 Å². The van der Waals surface area contributed by atoms with E-state index < -0.39 is 5.60 Å². The Hall–Kier alpha value is -0.770. The van der Waals surface area contributed by atoms with Gasteiger partial charge in [-0.05, 0) is 71.6 Å². The van der Waals surface area contributed by atoms with Crippen LogP contribution in [0.4, 0.5) is 4.79 Å². The lowest BCUT2D eigenvalue weighted by Crippen LogP contribution is -2.64. The molecule has 3 aliphatic rings. The van der Waals surface area contributed by atoms with Crippen LogP contribution < -0.4 is 5.32 Å². The van der Waals surface area contributed by atoms with Gasteiger partial charge in [-0.3, -0.25) is 0 Å². The van der Waals surface area contributed by atoms with Crippen molar-refractivity contribution in [2.45, 2.75) is 95.9 Å². The summed E-state index contributed by atoms with van der Waals surface area (Å²) in [7, 11) is 0. The van der Waals surface area contributed by atoms with Crippen LogP contribution in [0.2, 0.25) is 0 Å². The molecule has 4 heteroatoms. The Morgan fingerprint density at radius 3 is 2.41 bits per heavy atom. The molecule has 3 rings (SSSR count). The molecule has 0 aromatic carbocycles. The third kappa shape index (κ3) is 3.27. The van der Waals surface area contributed by atoms with Crippen LogP contribution in [0.5, 0.6) is 0 Å². The van der Waals surface area contributed by atoms with E-state index in [1.54, 1.807) is 0 Å². The fourth-order valence-electron chi connectivity index (χ4n) is 4.37. The molecular formula is C18H32N2O2. The number of nitrogens with one attached hydrogen (secondary N) is 1. The predicted octanol–water partition coefficient (Wildman–Crippen LogP) is 3.70. The highest BCUT2D eigenvalue weighted by atomic mass is 16.6. The predicted molar refractivity (Wildman–Crippen MR) is 87.9 cm³/mol. The molecule has 2 aliphatic carbocycles. The van der Waals surface area contributed by atoms with Crippen LogP contribution in [0.3, 0.4) is 0 Å². The first-order valence-electron chi connectivity index (χ1n) is 9.04. The van der Waals surface area contributed by atoms with Gasteiger partial charge in [0.15, 0.2) is 0 Å². The molecule has 1 spiro atoms. The topological polar surface area (TPSA) is 41.6 Å². The number of carbonyl (C=O) groups is 1. The molecule has 0 bridgehead atoms. The molecule has 4 nitrogen and oxygen atoms in total. The van der Waals surface area contributed by atoms with E-state index in [9.17, 15) is 4.79 Å². The second kappa shape index (κ2) is 5.70. The molecule has 3 fully saturated rings. The summed E-state index contributed by atoms with van der Waals surface area (Å²) in [6.45, 7) is 9.02. The summed E-state index contributed by atoms with van der Waals surface area (Å²) in [4.78, 5) is 14.6. The van der Waals surface area contributed by atoms with Crippen LogP contribution in [0.25, 0.3) is 0 Å². The molecule has 1 saturated heterocycles. The summed E-state index contributed by atoms with van der Waals surface area (Å²) in [6, 6.07) is 1.29. The van der Waals surface area contributed by atoms with Gasteiger partial charge >= 0.3 is 6.09 Å². The van der Waals surface area contributed by atoms with Crippen LogP contribution in [0.1, 0.15) is 72.6 Å². The molecule has 1 unspecified atom stereocenters. The van der Waals surface area contributed by atoms with Crippen molar-refractivity contribution in [3.63, 3.8) is 0 Å². The zero-order valence-electron chi connectivity index (χ0n) is 14.7. The Kier molecular flexibility index (Phi) is 4.17. The van der Waals surface area contributed by atoms with Crippen LogP contribution in [0.15, 0.2) is 0 Å². The number of likely N-dealkylation sites (tertiary alicyclic amines) is 1. The minimum atomic E-state index is -0.404. The van der Waals surface area contributed by atoms with Crippen molar-refractivity contribution < 1.29 is 9.53 Å². The van der Waals surface area contributed by atoms with E-state index in [1.807, 2.05) is 25.7 Å². The maximum atomic E-state index is 12.5. The molecule has 1 aliphatic heterocycles. The largest absolute Gasteiger partial charge is 0.444 e. The van der Waals surface area contributed by atoms with E-state index in [2.05, 4.69) is 12.2 Å². The fraction of sp³-hybridized carbons (Fsp3) is 0.944. The first-order valence-corrected chi connectivity index (χ1v) is 9.04. The van der Waals surface area contributed by atoms with Crippen LogP contribution >= 0.6 is 0 Å². The van der Waals surface area contributed by atoms with Crippen LogP contribution in [-0.2, 0) is 4.74 Å². The maximum absolute atomic E-state index is 12.5. The molecule has 0 aromatic rings. The standard InChI is InChI=1S/C18H32N2O2/c1-13-10-15(11-13)19-14-6-9-20(16(21)22-17(2,3)4)18(12-14)7-5-8-18/h13-15,19H,5-12H2,1-4H3. The Bertz CT molecular complexity index is 419. The summed E-state index contributed by atoms with van der Waals surface area (Å²) in [6.07, 6.45) is 8.23. The van der Waals surface area contributed by atoms with E-state index in [1.165, 1.54) is 19.3 Å². The first-order chi connectivity index (χ1) is 10.3. The number of carbonyl (C=O) groups excluding carboxylic acids is 1. The SMILES string of the molecule is CC1CC(NC2CCN(C(=O)OC(C)(C)C)C3(CCC3)C2)C1. The van der Waals surface area contributed by atoms with Gasteiger partial charge in [-0.25, -0.2) is 4.79 Å². The first kappa shape index (κ1) is 16.1. The Labute approximate surface area is 135 Å². The minimum Gasteiger partial charge on any atom is -0.444 e. The molecule has 1 amide bonds. The van der Waals surface area contributed by atoms with Gasteiger partial charge in [-0.15, -0.1) is 0 Å². The summed E-state index contributed by atoms with van der Waals surface area (Å²) in [5, 5.41) is 3.84. The monoisotopic (exact) mass is 308 g/mol. The van der Waals surface area contributed by atoms with Gasteiger partial charge in [0.05, 0.1) is 0 Å². The number of rotatable bonds is 2. The second-order valence-corrected chi connectivity index (χ2v) is 8.84. The minimum absolute atomic E-state index is 0.0770. The maximum Gasteiger partial charge on any atom is 0.410 e. The molecule has 1 N–H and O–H groups in total. The number of piperidine rings is 1. The number of ether oxygens (including phenoxy) is 1. The zero-order chi connectivity index (χ0) is 16.0. The van der Waals surface area contributed by atoms with E-state index >= 15 is 0 Å². The fourth-order valence-corrected chi connectivity index (χ4v) is 4.37. The average Bonchev–Trinajstić information content (AvgIpc) is 2.32. The molecule has 1 atom stereocenters. The van der Waals surface area contributed by atoms with Crippen LogP contribution in [0, 0.1) is 5.92 Å². The molecule has 22 heavy (non-hydrogen) atoms. The van der Waals surface area contributed by atoms with E-state index in [0.717, 1.165) is 38.1 Å². The summed E-state index contributed by atoms with van der Waals surface area (Å²) in [5.41, 5.74) is -0.327. The highest BCUT2D eigenvalue weighted by molar-refractivity contribution is 5.69. The number of amides is 1. The quantitative estimate of drug-likeness (QED) is 0.846. The molecule has 0 aromatic heterocycles. The lowest BCUT2D eigenvalue weighted by atomic mass is 9.68. The Morgan fingerprint density at radius 2 is 1.91 bits per heavy atom. The van der Waals surface area contributed by atoms with Gasteiger partial charge < -0.3 is 15.0 Å². The summed E-state index contributed by atoms with van der Waals surface area (Å²) >= 11 is 0. The van der Waals surface area contributed by atoms with Crippen molar-refractivity contribution in [1.82, 2.24) is 10.2 Å². The number of nitrogens with zero attached hydrogens (tertiary/aromatic N) is 1. The zero-order valence-corrected chi connectivity index (χ0v) is 14.7.